The standard InChI is InChI=1S/C23H20N2O6S/c1-30-14-7-5-12(6-8-14)19-20-21(32-22(19)23(28)29)16(10-18(27)25-20)13-3-2-4-15(9-13)31-11-17(24)26/h2-9,16H,10-11H2,1H3,(H2,24,26)(H,25,27)(H,28,29)/t16-/m0/s1. The number of thiophene rings is 1. The van der Waals surface area contributed by atoms with Crippen molar-refractivity contribution in [2.75, 3.05) is 19.0 Å². The Balaban J connectivity index is 1.81. The molecule has 0 aliphatic carbocycles. The van der Waals surface area contributed by atoms with Crippen molar-refractivity contribution in [2.24, 2.45) is 5.73 Å². The van der Waals surface area contributed by atoms with Crippen LogP contribution in [0.25, 0.3) is 11.1 Å². The lowest BCUT2D eigenvalue weighted by Crippen LogP contribution is -2.22. The normalized spacial score (nSPS) is 14.9. The van der Waals surface area contributed by atoms with Crippen molar-refractivity contribution in [2.45, 2.75) is 12.3 Å². The maximum absolute atomic E-state index is 12.6. The number of anilines is 1. The van der Waals surface area contributed by atoms with Crippen LogP contribution in [-0.2, 0) is 9.59 Å². The van der Waals surface area contributed by atoms with E-state index in [1.165, 1.54) is 0 Å². The van der Waals surface area contributed by atoms with Crippen LogP contribution in [0.15, 0.2) is 48.5 Å². The summed E-state index contributed by atoms with van der Waals surface area (Å²) >= 11 is 1.14. The minimum Gasteiger partial charge on any atom is -0.497 e. The second kappa shape index (κ2) is 8.72. The van der Waals surface area contributed by atoms with Crippen LogP contribution >= 0.6 is 11.3 Å². The number of benzene rings is 2. The molecule has 1 aromatic heterocycles. The van der Waals surface area contributed by atoms with E-state index in [0.29, 0.717) is 28.3 Å². The van der Waals surface area contributed by atoms with Crippen molar-refractivity contribution < 1.29 is 29.0 Å². The van der Waals surface area contributed by atoms with Gasteiger partial charge in [-0.05, 0) is 35.4 Å². The number of nitrogens with two attached hydrogens (primary N) is 1. The van der Waals surface area contributed by atoms with Gasteiger partial charge in [0.2, 0.25) is 5.91 Å². The van der Waals surface area contributed by atoms with Crippen LogP contribution in [0.1, 0.15) is 32.5 Å². The molecule has 2 heterocycles. The van der Waals surface area contributed by atoms with Gasteiger partial charge < -0.3 is 25.6 Å². The first-order valence-corrected chi connectivity index (χ1v) is 10.5. The molecule has 4 rings (SSSR count). The zero-order valence-electron chi connectivity index (χ0n) is 17.1. The molecule has 32 heavy (non-hydrogen) atoms. The fraction of sp³-hybridized carbons (Fsp3) is 0.174. The van der Waals surface area contributed by atoms with Crippen LogP contribution in [-0.4, -0.2) is 36.6 Å². The number of carboxylic acids is 1. The Labute approximate surface area is 187 Å². The number of amides is 2. The van der Waals surface area contributed by atoms with Crippen molar-refractivity contribution >= 4 is 34.8 Å². The Morgan fingerprint density at radius 1 is 1.19 bits per heavy atom. The summed E-state index contributed by atoms with van der Waals surface area (Å²) in [6, 6.07) is 14.0. The van der Waals surface area contributed by atoms with Crippen LogP contribution < -0.4 is 20.5 Å². The molecule has 1 aliphatic heterocycles. The molecule has 0 spiro atoms. The van der Waals surface area contributed by atoms with Crippen LogP contribution in [0.4, 0.5) is 5.69 Å². The molecular formula is C23H20N2O6S. The van der Waals surface area contributed by atoms with Crippen molar-refractivity contribution in [3.63, 3.8) is 0 Å². The molecule has 2 amide bonds. The number of carbonyl (C=O) groups is 3. The van der Waals surface area contributed by atoms with E-state index >= 15 is 0 Å². The van der Waals surface area contributed by atoms with Crippen LogP contribution in [0, 0.1) is 0 Å². The predicted molar refractivity (Wildman–Crippen MR) is 119 cm³/mol. The summed E-state index contributed by atoms with van der Waals surface area (Å²) in [5.41, 5.74) is 7.57. The monoisotopic (exact) mass is 452 g/mol. The van der Waals surface area contributed by atoms with Gasteiger partial charge in [0.1, 0.15) is 16.4 Å². The third-order valence-corrected chi connectivity index (χ3v) is 6.41. The third kappa shape index (κ3) is 4.15. The highest BCUT2D eigenvalue weighted by Gasteiger charge is 2.34. The Morgan fingerprint density at radius 3 is 2.59 bits per heavy atom. The number of methoxy groups -OCH3 is 1. The summed E-state index contributed by atoms with van der Waals surface area (Å²) in [6.45, 7) is -0.260. The molecule has 0 saturated heterocycles. The second-order valence-electron chi connectivity index (χ2n) is 7.21. The molecule has 0 bridgehead atoms. The van der Waals surface area contributed by atoms with Crippen LogP contribution in [0.2, 0.25) is 0 Å². The van der Waals surface area contributed by atoms with E-state index < -0.39 is 11.9 Å². The number of nitrogens with one attached hydrogen (secondary N) is 1. The maximum Gasteiger partial charge on any atom is 0.346 e. The fourth-order valence-corrected chi connectivity index (χ4v) is 4.96. The van der Waals surface area contributed by atoms with E-state index in [1.54, 1.807) is 49.6 Å². The summed E-state index contributed by atoms with van der Waals surface area (Å²) in [7, 11) is 1.55. The van der Waals surface area contributed by atoms with E-state index in [9.17, 15) is 19.5 Å². The summed E-state index contributed by atoms with van der Waals surface area (Å²) in [5.74, 6) is -1.14. The highest BCUT2D eigenvalue weighted by Crippen LogP contribution is 2.49. The lowest BCUT2D eigenvalue weighted by atomic mass is 9.88. The lowest BCUT2D eigenvalue weighted by Gasteiger charge is -2.24. The lowest BCUT2D eigenvalue weighted by molar-refractivity contribution is -0.120. The van der Waals surface area contributed by atoms with Crippen LogP contribution in [0.5, 0.6) is 11.5 Å². The molecule has 164 valence electrons. The summed E-state index contributed by atoms with van der Waals surface area (Å²) < 4.78 is 10.6. The van der Waals surface area contributed by atoms with Gasteiger partial charge >= 0.3 is 5.97 Å². The molecule has 0 unspecified atom stereocenters. The molecule has 1 atom stereocenters. The van der Waals surface area contributed by atoms with Gasteiger partial charge in [0.25, 0.3) is 5.91 Å². The van der Waals surface area contributed by atoms with Gasteiger partial charge in [-0.3, -0.25) is 9.59 Å². The second-order valence-corrected chi connectivity index (χ2v) is 8.26. The van der Waals surface area contributed by atoms with E-state index in [0.717, 1.165) is 21.8 Å². The third-order valence-electron chi connectivity index (χ3n) is 5.12. The number of rotatable bonds is 7. The number of aromatic carboxylic acids is 1. The van der Waals surface area contributed by atoms with Crippen molar-refractivity contribution in [3.8, 4) is 22.6 Å². The fourth-order valence-electron chi connectivity index (χ4n) is 3.72. The van der Waals surface area contributed by atoms with Gasteiger partial charge in [-0.15, -0.1) is 11.3 Å². The SMILES string of the molecule is COc1ccc(-c2c(C(=O)O)sc3c2NC(=O)C[C@H]3c2cccc(OCC(N)=O)c2)cc1. The van der Waals surface area contributed by atoms with E-state index in [4.69, 9.17) is 15.2 Å². The molecule has 0 radical (unpaired) electrons. The molecule has 0 saturated carbocycles. The van der Waals surface area contributed by atoms with Crippen molar-refractivity contribution in [3.05, 3.63) is 63.8 Å². The number of primary amides is 1. The molecule has 9 heteroatoms. The quantitative estimate of drug-likeness (QED) is 0.504. The van der Waals surface area contributed by atoms with E-state index in [2.05, 4.69) is 5.32 Å². The number of fused-ring (bicyclic) bond motifs is 1. The average molecular weight is 452 g/mol. The van der Waals surface area contributed by atoms with Gasteiger partial charge in [-0.1, -0.05) is 24.3 Å². The van der Waals surface area contributed by atoms with Crippen LogP contribution in [0.3, 0.4) is 0 Å². The van der Waals surface area contributed by atoms with Gasteiger partial charge in [0, 0.05) is 22.8 Å². The number of ether oxygens (including phenoxy) is 2. The van der Waals surface area contributed by atoms with E-state index in [1.807, 2.05) is 6.07 Å². The largest absolute Gasteiger partial charge is 0.497 e. The maximum atomic E-state index is 12.6. The summed E-state index contributed by atoms with van der Waals surface area (Å²) in [6.07, 6.45) is 0.161. The van der Waals surface area contributed by atoms with Gasteiger partial charge in [0.05, 0.1) is 12.8 Å². The van der Waals surface area contributed by atoms with Crippen molar-refractivity contribution in [1.82, 2.24) is 0 Å². The number of hydrogen-bond donors (Lipinski definition) is 3. The van der Waals surface area contributed by atoms with Gasteiger partial charge in [-0.2, -0.15) is 0 Å². The molecule has 1 aliphatic rings. The molecule has 4 N–H and O–H groups in total. The van der Waals surface area contributed by atoms with Gasteiger partial charge in [0.15, 0.2) is 6.61 Å². The Kier molecular flexibility index (Phi) is 5.83. The Morgan fingerprint density at radius 2 is 1.94 bits per heavy atom. The molecule has 0 fully saturated rings. The minimum absolute atomic E-state index is 0.147. The topological polar surface area (TPSA) is 128 Å². The highest BCUT2D eigenvalue weighted by molar-refractivity contribution is 7.15. The van der Waals surface area contributed by atoms with Crippen molar-refractivity contribution in [1.29, 1.82) is 0 Å². The molecule has 8 nitrogen and oxygen atoms in total. The van der Waals surface area contributed by atoms with Gasteiger partial charge in [-0.25, -0.2) is 4.79 Å². The number of carbonyl (C=O) groups excluding carboxylic acids is 2. The molecule has 2 aromatic carbocycles. The summed E-state index contributed by atoms with van der Waals surface area (Å²) in [4.78, 5) is 36.6. The zero-order chi connectivity index (χ0) is 22.8. The smallest absolute Gasteiger partial charge is 0.346 e. The highest BCUT2D eigenvalue weighted by atomic mass is 32.1. The Hall–Kier alpha value is -3.85. The molecule has 3 aromatic rings. The minimum atomic E-state index is -1.07. The zero-order valence-corrected chi connectivity index (χ0v) is 17.9. The first kappa shape index (κ1) is 21.4. The first-order chi connectivity index (χ1) is 15.4. The first-order valence-electron chi connectivity index (χ1n) is 9.72. The molecular weight excluding hydrogens is 432 g/mol. The predicted octanol–water partition coefficient (Wildman–Crippen LogP) is 3.46. The average Bonchev–Trinajstić information content (AvgIpc) is 3.17. The summed E-state index contributed by atoms with van der Waals surface area (Å²) in [5, 5.41) is 12.7. The Bertz CT molecular complexity index is 1200. The number of hydrogen-bond acceptors (Lipinski definition) is 6. The number of carboxylic acid groups (broad SMARTS) is 1. The van der Waals surface area contributed by atoms with E-state index in [-0.39, 0.29) is 29.7 Å².